The minimum Gasteiger partial charge on any atom is -0.345 e. The topological polar surface area (TPSA) is 120 Å². The van der Waals surface area contributed by atoms with E-state index in [4.69, 9.17) is 5.14 Å². The zero-order chi connectivity index (χ0) is 19.8. The Bertz CT molecular complexity index is 1110. The summed E-state index contributed by atoms with van der Waals surface area (Å²) in [7, 11) is -3.80. The van der Waals surface area contributed by atoms with Gasteiger partial charge in [-0.2, -0.15) is 5.10 Å². The van der Waals surface area contributed by atoms with Gasteiger partial charge in [-0.15, -0.1) is 0 Å². The van der Waals surface area contributed by atoms with Crippen molar-refractivity contribution in [3.8, 4) is 0 Å². The molecule has 8 nitrogen and oxygen atoms in total. The SMILES string of the molecule is CC(C)n1ncc2cc(C(=O)N[C@H](C)c3cccc(S(N)(=O)=O)c3)cnc21. The number of nitrogens with two attached hydrogens (primary N) is 1. The molecule has 3 rings (SSSR count). The monoisotopic (exact) mass is 387 g/mol. The summed E-state index contributed by atoms with van der Waals surface area (Å²) in [6, 6.07) is 7.68. The van der Waals surface area contributed by atoms with E-state index < -0.39 is 16.1 Å². The number of nitrogens with one attached hydrogen (secondary N) is 1. The molecule has 0 aliphatic heterocycles. The molecule has 3 aromatic rings. The smallest absolute Gasteiger partial charge is 0.253 e. The third-order valence-corrected chi connectivity index (χ3v) is 5.13. The van der Waals surface area contributed by atoms with Gasteiger partial charge in [-0.05, 0) is 44.5 Å². The van der Waals surface area contributed by atoms with Crippen LogP contribution in [0.4, 0.5) is 0 Å². The number of aromatic nitrogens is 3. The normalized spacial score (nSPS) is 13.1. The average molecular weight is 387 g/mol. The molecule has 0 fully saturated rings. The highest BCUT2D eigenvalue weighted by Gasteiger charge is 2.16. The summed E-state index contributed by atoms with van der Waals surface area (Å²) >= 11 is 0. The summed E-state index contributed by atoms with van der Waals surface area (Å²) < 4.78 is 24.8. The van der Waals surface area contributed by atoms with Crippen LogP contribution >= 0.6 is 0 Å². The largest absolute Gasteiger partial charge is 0.345 e. The molecule has 2 aromatic heterocycles. The van der Waals surface area contributed by atoms with Crippen molar-refractivity contribution >= 4 is 27.0 Å². The Kier molecular flexibility index (Phi) is 4.99. The van der Waals surface area contributed by atoms with E-state index in [0.717, 1.165) is 11.0 Å². The lowest BCUT2D eigenvalue weighted by Crippen LogP contribution is -2.27. The number of hydrogen-bond donors (Lipinski definition) is 2. The van der Waals surface area contributed by atoms with Crippen molar-refractivity contribution in [2.45, 2.75) is 37.8 Å². The van der Waals surface area contributed by atoms with E-state index in [1.807, 2.05) is 13.8 Å². The Balaban J connectivity index is 1.82. The number of benzene rings is 1. The van der Waals surface area contributed by atoms with Gasteiger partial charge in [0, 0.05) is 17.6 Å². The number of sulfonamides is 1. The first-order valence-electron chi connectivity index (χ1n) is 8.43. The van der Waals surface area contributed by atoms with Gasteiger partial charge in [-0.1, -0.05) is 12.1 Å². The number of nitrogens with zero attached hydrogens (tertiary/aromatic N) is 3. The Morgan fingerprint density at radius 1 is 1.19 bits per heavy atom. The molecular weight excluding hydrogens is 366 g/mol. The number of amides is 1. The third kappa shape index (κ3) is 3.99. The van der Waals surface area contributed by atoms with Crippen LogP contribution in [0, 0.1) is 0 Å². The molecule has 0 radical (unpaired) electrons. The number of primary sulfonamides is 1. The molecule has 0 bridgehead atoms. The number of carbonyl (C=O) groups excluding carboxylic acids is 1. The predicted octanol–water partition coefficient (Wildman–Crippen LogP) is 2.15. The van der Waals surface area contributed by atoms with E-state index in [1.54, 1.807) is 36.0 Å². The fourth-order valence-corrected chi connectivity index (χ4v) is 3.33. The van der Waals surface area contributed by atoms with Gasteiger partial charge in [0.2, 0.25) is 10.0 Å². The molecular formula is C18H21N5O3S. The van der Waals surface area contributed by atoms with Crippen LogP contribution in [0.3, 0.4) is 0 Å². The van der Waals surface area contributed by atoms with Gasteiger partial charge >= 0.3 is 0 Å². The Hall–Kier alpha value is -2.78. The average Bonchev–Trinajstić information content (AvgIpc) is 3.04. The molecule has 0 saturated carbocycles. The molecule has 142 valence electrons. The van der Waals surface area contributed by atoms with Crippen LogP contribution in [0.2, 0.25) is 0 Å². The third-order valence-electron chi connectivity index (χ3n) is 4.22. The van der Waals surface area contributed by atoms with Gasteiger partial charge in [0.05, 0.1) is 22.7 Å². The maximum atomic E-state index is 12.6. The maximum Gasteiger partial charge on any atom is 0.253 e. The van der Waals surface area contributed by atoms with E-state index in [-0.39, 0.29) is 16.8 Å². The molecule has 0 aliphatic carbocycles. The molecule has 0 aliphatic rings. The lowest BCUT2D eigenvalue weighted by molar-refractivity contribution is 0.0939. The summed E-state index contributed by atoms with van der Waals surface area (Å²) in [5.74, 6) is -0.310. The zero-order valence-electron chi connectivity index (χ0n) is 15.2. The minimum absolute atomic E-state index is 0.00489. The molecule has 1 amide bonds. The van der Waals surface area contributed by atoms with E-state index in [9.17, 15) is 13.2 Å². The highest BCUT2D eigenvalue weighted by molar-refractivity contribution is 7.89. The van der Waals surface area contributed by atoms with Gasteiger partial charge in [-0.3, -0.25) is 4.79 Å². The summed E-state index contributed by atoms with van der Waals surface area (Å²) in [5, 5.41) is 13.1. The van der Waals surface area contributed by atoms with Crippen molar-refractivity contribution in [1.29, 1.82) is 0 Å². The van der Waals surface area contributed by atoms with Crippen LogP contribution in [0.15, 0.2) is 47.6 Å². The molecule has 2 heterocycles. The van der Waals surface area contributed by atoms with Crippen molar-refractivity contribution in [1.82, 2.24) is 20.1 Å². The van der Waals surface area contributed by atoms with Crippen molar-refractivity contribution < 1.29 is 13.2 Å². The first-order valence-corrected chi connectivity index (χ1v) is 9.98. The summed E-state index contributed by atoms with van der Waals surface area (Å²) in [6.07, 6.45) is 3.18. The van der Waals surface area contributed by atoms with Gasteiger partial charge in [0.15, 0.2) is 5.65 Å². The molecule has 0 saturated heterocycles. The lowest BCUT2D eigenvalue weighted by atomic mass is 10.1. The van der Waals surface area contributed by atoms with Crippen LogP contribution in [0.25, 0.3) is 11.0 Å². The van der Waals surface area contributed by atoms with Crippen LogP contribution in [-0.2, 0) is 10.0 Å². The summed E-state index contributed by atoms with van der Waals surface area (Å²) in [4.78, 5) is 16.9. The van der Waals surface area contributed by atoms with Gasteiger partial charge in [0.1, 0.15) is 0 Å². The van der Waals surface area contributed by atoms with Crippen LogP contribution < -0.4 is 10.5 Å². The molecule has 0 unspecified atom stereocenters. The number of pyridine rings is 1. The molecule has 27 heavy (non-hydrogen) atoms. The number of hydrogen-bond acceptors (Lipinski definition) is 5. The van der Waals surface area contributed by atoms with Crippen molar-refractivity contribution in [2.24, 2.45) is 5.14 Å². The van der Waals surface area contributed by atoms with Crippen molar-refractivity contribution in [3.05, 3.63) is 53.9 Å². The fraction of sp³-hybridized carbons (Fsp3) is 0.278. The van der Waals surface area contributed by atoms with Gasteiger partial charge < -0.3 is 5.32 Å². The quantitative estimate of drug-likeness (QED) is 0.695. The first kappa shape index (κ1) is 19.0. The van der Waals surface area contributed by atoms with Crippen LogP contribution in [0.1, 0.15) is 48.8 Å². The Labute approximate surface area is 157 Å². The molecule has 9 heteroatoms. The Morgan fingerprint density at radius 2 is 1.93 bits per heavy atom. The van der Waals surface area contributed by atoms with Gasteiger partial charge in [-0.25, -0.2) is 23.2 Å². The van der Waals surface area contributed by atoms with Crippen molar-refractivity contribution in [3.63, 3.8) is 0 Å². The predicted molar refractivity (Wildman–Crippen MR) is 102 cm³/mol. The maximum absolute atomic E-state index is 12.6. The zero-order valence-corrected chi connectivity index (χ0v) is 16.1. The number of carbonyl (C=O) groups is 1. The van der Waals surface area contributed by atoms with Crippen LogP contribution in [-0.4, -0.2) is 29.1 Å². The van der Waals surface area contributed by atoms with E-state index in [2.05, 4.69) is 15.4 Å². The second kappa shape index (κ2) is 7.09. The molecule has 0 spiro atoms. The lowest BCUT2D eigenvalue weighted by Gasteiger charge is -2.15. The van der Waals surface area contributed by atoms with Crippen LogP contribution in [0.5, 0.6) is 0 Å². The van der Waals surface area contributed by atoms with E-state index >= 15 is 0 Å². The number of fused-ring (bicyclic) bond motifs is 1. The van der Waals surface area contributed by atoms with E-state index in [0.29, 0.717) is 11.1 Å². The molecule has 1 atom stereocenters. The second-order valence-electron chi connectivity index (χ2n) is 6.63. The highest BCUT2D eigenvalue weighted by Crippen LogP contribution is 2.19. The first-order chi connectivity index (χ1) is 12.7. The second-order valence-corrected chi connectivity index (χ2v) is 8.19. The fourth-order valence-electron chi connectivity index (χ4n) is 2.77. The standard InChI is InChI=1S/C18H21N5O3S/c1-11(2)23-17-14(10-21-23)7-15(9-20-17)18(24)22-12(3)13-5-4-6-16(8-13)27(19,25)26/h4-12H,1-3H3,(H,22,24)(H2,19,25,26)/t12-/m1/s1. The molecule has 3 N–H and O–H groups in total. The Morgan fingerprint density at radius 3 is 2.59 bits per heavy atom. The van der Waals surface area contributed by atoms with Gasteiger partial charge in [0.25, 0.3) is 5.91 Å². The highest BCUT2D eigenvalue weighted by atomic mass is 32.2. The van der Waals surface area contributed by atoms with Crippen molar-refractivity contribution in [2.75, 3.05) is 0 Å². The molecule has 1 aromatic carbocycles. The summed E-state index contributed by atoms with van der Waals surface area (Å²) in [5.41, 5.74) is 1.76. The minimum atomic E-state index is -3.80. The van der Waals surface area contributed by atoms with E-state index in [1.165, 1.54) is 18.3 Å². The summed E-state index contributed by atoms with van der Waals surface area (Å²) in [6.45, 7) is 5.78. The number of rotatable bonds is 5.